The van der Waals surface area contributed by atoms with Crippen molar-refractivity contribution in [3.63, 3.8) is 0 Å². The topological polar surface area (TPSA) is 45.2 Å². The Bertz CT molecular complexity index is 276. The molecule has 0 atom stereocenters. The zero-order valence-corrected chi connectivity index (χ0v) is 9.02. The third kappa shape index (κ3) is 5.24. The van der Waals surface area contributed by atoms with Gasteiger partial charge in [0.15, 0.2) is 0 Å². The number of hydrazine groups is 1. The molecule has 0 bridgehead atoms. The summed E-state index contributed by atoms with van der Waals surface area (Å²) in [5.74, 6) is 0. The fraction of sp³-hybridized carbons (Fsp3) is 0.455. The summed E-state index contributed by atoms with van der Waals surface area (Å²) in [4.78, 5) is 14.3. The zero-order chi connectivity index (χ0) is 10.9. The number of nitrogens with one attached hydrogen (secondary N) is 1. The molecule has 1 rings (SSSR count). The molecule has 15 heavy (non-hydrogen) atoms. The van der Waals surface area contributed by atoms with Crippen LogP contribution in [-0.2, 0) is 11.3 Å². The molecule has 0 aliphatic carbocycles. The summed E-state index contributed by atoms with van der Waals surface area (Å²) in [6.07, 6.45) is 4.24. The molecule has 0 saturated carbocycles. The number of nitrogens with zero attached hydrogens (tertiary/aromatic N) is 2. The molecule has 82 valence electrons. The molecule has 4 heteroatoms. The molecule has 0 saturated heterocycles. The lowest BCUT2D eigenvalue weighted by atomic mass is 10.3. The van der Waals surface area contributed by atoms with Gasteiger partial charge >= 0.3 is 0 Å². The SMILES string of the molecule is CN(CCCC=O)NCc1ccccn1. The van der Waals surface area contributed by atoms with E-state index in [0.29, 0.717) is 6.42 Å². The van der Waals surface area contributed by atoms with Crippen molar-refractivity contribution in [1.29, 1.82) is 0 Å². The van der Waals surface area contributed by atoms with E-state index in [1.54, 1.807) is 6.20 Å². The van der Waals surface area contributed by atoms with Gasteiger partial charge in [-0.3, -0.25) is 4.98 Å². The molecule has 4 nitrogen and oxygen atoms in total. The number of carbonyl (C=O) groups is 1. The number of hydrogen-bond donors (Lipinski definition) is 1. The molecular formula is C11H17N3O. The molecule has 0 fully saturated rings. The Morgan fingerprint density at radius 2 is 2.40 bits per heavy atom. The summed E-state index contributed by atoms with van der Waals surface area (Å²) < 4.78 is 0. The van der Waals surface area contributed by atoms with Gasteiger partial charge in [-0.2, -0.15) is 0 Å². The highest BCUT2D eigenvalue weighted by molar-refractivity contribution is 5.48. The lowest BCUT2D eigenvalue weighted by molar-refractivity contribution is -0.108. The third-order valence-electron chi connectivity index (χ3n) is 2.07. The summed E-state index contributed by atoms with van der Waals surface area (Å²) in [6.45, 7) is 1.59. The van der Waals surface area contributed by atoms with Gasteiger partial charge < -0.3 is 4.79 Å². The van der Waals surface area contributed by atoms with E-state index in [9.17, 15) is 4.79 Å². The molecule has 0 amide bonds. The number of pyridine rings is 1. The summed E-state index contributed by atoms with van der Waals surface area (Å²) in [6, 6.07) is 5.85. The first-order valence-corrected chi connectivity index (χ1v) is 5.11. The zero-order valence-electron chi connectivity index (χ0n) is 9.02. The van der Waals surface area contributed by atoms with Crippen molar-refractivity contribution < 1.29 is 4.79 Å². The molecular weight excluding hydrogens is 190 g/mol. The van der Waals surface area contributed by atoms with E-state index < -0.39 is 0 Å². The van der Waals surface area contributed by atoms with Crippen LogP contribution in [0, 0.1) is 0 Å². The molecule has 0 radical (unpaired) electrons. The predicted molar refractivity (Wildman–Crippen MR) is 59.0 cm³/mol. The molecule has 1 aromatic rings. The van der Waals surface area contributed by atoms with Gasteiger partial charge in [-0.05, 0) is 18.6 Å². The van der Waals surface area contributed by atoms with E-state index in [1.807, 2.05) is 30.3 Å². The van der Waals surface area contributed by atoms with Gasteiger partial charge in [0, 0.05) is 26.2 Å². The standard InChI is InChI=1S/C11H17N3O/c1-14(8-4-5-9-15)13-10-11-6-2-3-7-12-11/h2-3,6-7,9,13H,4-5,8,10H2,1H3. The average Bonchev–Trinajstić information content (AvgIpc) is 2.28. The first-order chi connectivity index (χ1) is 7.33. The van der Waals surface area contributed by atoms with Crippen molar-refractivity contribution in [3.05, 3.63) is 30.1 Å². The second-order valence-electron chi connectivity index (χ2n) is 3.39. The van der Waals surface area contributed by atoms with Gasteiger partial charge in [0.05, 0.1) is 12.2 Å². The van der Waals surface area contributed by atoms with Crippen LogP contribution in [0.5, 0.6) is 0 Å². The van der Waals surface area contributed by atoms with Gasteiger partial charge in [-0.25, -0.2) is 10.4 Å². The molecule has 1 N–H and O–H groups in total. The van der Waals surface area contributed by atoms with Crippen molar-refractivity contribution in [2.45, 2.75) is 19.4 Å². The summed E-state index contributed by atoms with van der Waals surface area (Å²) in [5.41, 5.74) is 4.23. The second-order valence-corrected chi connectivity index (χ2v) is 3.39. The molecule has 0 unspecified atom stereocenters. The largest absolute Gasteiger partial charge is 0.303 e. The maximum atomic E-state index is 10.1. The van der Waals surface area contributed by atoms with Gasteiger partial charge in [0.1, 0.15) is 6.29 Å². The Hall–Kier alpha value is -1.26. The van der Waals surface area contributed by atoms with Crippen LogP contribution in [0.1, 0.15) is 18.5 Å². The van der Waals surface area contributed by atoms with E-state index in [-0.39, 0.29) is 0 Å². The highest BCUT2D eigenvalue weighted by Crippen LogP contribution is 1.93. The number of unbranched alkanes of at least 4 members (excludes halogenated alkanes) is 1. The fourth-order valence-electron chi connectivity index (χ4n) is 1.21. The Balaban J connectivity index is 2.16. The normalized spacial score (nSPS) is 10.5. The lowest BCUT2D eigenvalue weighted by Gasteiger charge is -2.16. The monoisotopic (exact) mass is 207 g/mol. The predicted octanol–water partition coefficient (Wildman–Crippen LogP) is 0.997. The second kappa shape index (κ2) is 7.09. The van der Waals surface area contributed by atoms with E-state index in [0.717, 1.165) is 31.5 Å². The smallest absolute Gasteiger partial charge is 0.120 e. The Morgan fingerprint density at radius 3 is 3.07 bits per heavy atom. The third-order valence-corrected chi connectivity index (χ3v) is 2.07. The van der Waals surface area contributed by atoms with Crippen LogP contribution in [0.4, 0.5) is 0 Å². The quantitative estimate of drug-likeness (QED) is 0.411. The van der Waals surface area contributed by atoms with Crippen molar-refractivity contribution >= 4 is 6.29 Å². The maximum absolute atomic E-state index is 10.1. The van der Waals surface area contributed by atoms with Gasteiger partial charge in [0.25, 0.3) is 0 Å². The number of aldehydes is 1. The molecule has 1 heterocycles. The first-order valence-electron chi connectivity index (χ1n) is 5.11. The van der Waals surface area contributed by atoms with Crippen molar-refractivity contribution in [1.82, 2.24) is 15.4 Å². The van der Waals surface area contributed by atoms with Crippen LogP contribution >= 0.6 is 0 Å². The van der Waals surface area contributed by atoms with Crippen molar-refractivity contribution in [2.75, 3.05) is 13.6 Å². The van der Waals surface area contributed by atoms with Crippen molar-refractivity contribution in [2.24, 2.45) is 0 Å². The highest BCUT2D eigenvalue weighted by Gasteiger charge is 1.97. The Kier molecular flexibility index (Phi) is 5.58. The van der Waals surface area contributed by atoms with Crippen molar-refractivity contribution in [3.8, 4) is 0 Å². The fourth-order valence-corrected chi connectivity index (χ4v) is 1.21. The number of aromatic nitrogens is 1. The molecule has 1 aromatic heterocycles. The summed E-state index contributed by atoms with van der Waals surface area (Å²) in [7, 11) is 1.97. The number of hydrogen-bond acceptors (Lipinski definition) is 4. The Morgan fingerprint density at radius 1 is 1.53 bits per heavy atom. The van der Waals surface area contributed by atoms with Crippen LogP contribution in [0.15, 0.2) is 24.4 Å². The lowest BCUT2D eigenvalue weighted by Crippen LogP contribution is -2.34. The number of carbonyl (C=O) groups excluding carboxylic acids is 1. The van der Waals surface area contributed by atoms with Crippen LogP contribution in [-0.4, -0.2) is 29.9 Å². The highest BCUT2D eigenvalue weighted by atomic mass is 16.1. The Labute approximate surface area is 90.3 Å². The molecule has 0 aliphatic heterocycles. The van der Waals surface area contributed by atoms with E-state index in [1.165, 1.54) is 0 Å². The molecule has 0 aliphatic rings. The van der Waals surface area contributed by atoms with E-state index >= 15 is 0 Å². The minimum absolute atomic E-state index is 0.621. The van der Waals surface area contributed by atoms with Gasteiger partial charge in [-0.1, -0.05) is 6.07 Å². The summed E-state index contributed by atoms with van der Waals surface area (Å²) >= 11 is 0. The molecule has 0 spiro atoms. The van der Waals surface area contributed by atoms with Crippen LogP contribution in [0.3, 0.4) is 0 Å². The number of rotatable bonds is 7. The first kappa shape index (κ1) is 11.8. The molecule has 0 aromatic carbocycles. The maximum Gasteiger partial charge on any atom is 0.120 e. The average molecular weight is 207 g/mol. The summed E-state index contributed by atoms with van der Waals surface area (Å²) in [5, 5.41) is 1.98. The van der Waals surface area contributed by atoms with Gasteiger partial charge in [-0.15, -0.1) is 0 Å². The van der Waals surface area contributed by atoms with E-state index in [4.69, 9.17) is 0 Å². The van der Waals surface area contributed by atoms with Crippen LogP contribution < -0.4 is 5.43 Å². The van der Waals surface area contributed by atoms with Crippen LogP contribution in [0.2, 0.25) is 0 Å². The van der Waals surface area contributed by atoms with Gasteiger partial charge in [0.2, 0.25) is 0 Å². The minimum atomic E-state index is 0.621. The van der Waals surface area contributed by atoms with Crippen LogP contribution in [0.25, 0.3) is 0 Å². The van der Waals surface area contributed by atoms with E-state index in [2.05, 4.69) is 10.4 Å². The minimum Gasteiger partial charge on any atom is -0.303 e.